The monoisotopic (exact) mass is 265 g/mol. The van der Waals surface area contributed by atoms with E-state index in [1.165, 1.54) is 0 Å². The molecular weight excluding hydrogens is 250 g/mol. The van der Waals surface area contributed by atoms with E-state index >= 15 is 0 Å². The molecule has 2 rings (SSSR count). The molecule has 1 aromatic rings. The fraction of sp³-hybridized carbons (Fsp3) is 0.462. The van der Waals surface area contributed by atoms with Gasteiger partial charge in [0.05, 0.1) is 22.7 Å². The molecule has 0 bridgehead atoms. The van der Waals surface area contributed by atoms with E-state index in [2.05, 4.69) is 16.7 Å². The zero-order chi connectivity index (χ0) is 13.1. The average Bonchev–Trinajstić information content (AvgIpc) is 2.77. The molecule has 1 aliphatic rings. The number of aliphatic hydroxyl groups is 1. The van der Waals surface area contributed by atoms with Gasteiger partial charge in [-0.2, -0.15) is 5.26 Å². The highest BCUT2D eigenvalue weighted by Gasteiger charge is 2.24. The number of hydrogen-bond donors (Lipinski definition) is 3. The van der Waals surface area contributed by atoms with Crippen molar-refractivity contribution in [3.63, 3.8) is 0 Å². The maximum Gasteiger partial charge on any atom is 0.101 e. The zero-order valence-corrected chi connectivity index (χ0v) is 11.0. The predicted molar refractivity (Wildman–Crippen MR) is 71.8 cm³/mol. The van der Waals surface area contributed by atoms with E-state index in [0.29, 0.717) is 17.1 Å². The van der Waals surface area contributed by atoms with Gasteiger partial charge in [0.1, 0.15) is 6.07 Å². The molecule has 0 spiro atoms. The first-order chi connectivity index (χ1) is 8.63. The van der Waals surface area contributed by atoms with Gasteiger partial charge < -0.3 is 15.7 Å². The molecule has 0 aromatic heterocycles. The van der Waals surface area contributed by atoms with Gasteiger partial charge in [-0.1, -0.05) is 11.6 Å². The Hall–Kier alpha value is -1.28. The van der Waals surface area contributed by atoms with Gasteiger partial charge in [0.15, 0.2) is 0 Å². The van der Waals surface area contributed by atoms with Gasteiger partial charge in [-0.05, 0) is 37.6 Å². The SMILES string of the molecule is Cc1c(NCC2NCCC2O)ccc(C#N)c1Cl. The van der Waals surface area contributed by atoms with Crippen LogP contribution in [0.2, 0.25) is 5.02 Å². The molecule has 0 aliphatic carbocycles. The fourth-order valence-electron chi connectivity index (χ4n) is 2.14. The molecule has 1 aliphatic heterocycles. The van der Waals surface area contributed by atoms with Crippen LogP contribution in [-0.2, 0) is 0 Å². The minimum atomic E-state index is -0.299. The van der Waals surface area contributed by atoms with Crippen LogP contribution >= 0.6 is 11.6 Å². The predicted octanol–water partition coefficient (Wildman–Crippen LogP) is 1.65. The van der Waals surface area contributed by atoms with Crippen molar-refractivity contribution in [1.29, 1.82) is 5.26 Å². The van der Waals surface area contributed by atoms with E-state index in [4.69, 9.17) is 16.9 Å². The van der Waals surface area contributed by atoms with E-state index in [-0.39, 0.29) is 12.1 Å². The van der Waals surface area contributed by atoms with Gasteiger partial charge in [-0.15, -0.1) is 0 Å². The second-order valence-electron chi connectivity index (χ2n) is 4.51. The number of benzene rings is 1. The highest BCUT2D eigenvalue weighted by Crippen LogP contribution is 2.27. The van der Waals surface area contributed by atoms with Crippen LogP contribution in [0, 0.1) is 18.3 Å². The van der Waals surface area contributed by atoms with Gasteiger partial charge in [0.25, 0.3) is 0 Å². The molecule has 3 N–H and O–H groups in total. The molecule has 0 amide bonds. The number of anilines is 1. The number of nitrogens with zero attached hydrogens (tertiary/aromatic N) is 1. The molecule has 1 fully saturated rings. The van der Waals surface area contributed by atoms with E-state index < -0.39 is 0 Å². The molecule has 96 valence electrons. The number of nitriles is 1. The Bertz CT molecular complexity index is 484. The minimum Gasteiger partial charge on any atom is -0.391 e. The van der Waals surface area contributed by atoms with Crippen LogP contribution in [0.4, 0.5) is 5.69 Å². The lowest BCUT2D eigenvalue weighted by Crippen LogP contribution is -2.37. The van der Waals surface area contributed by atoms with Crippen molar-refractivity contribution in [2.75, 3.05) is 18.4 Å². The van der Waals surface area contributed by atoms with Gasteiger partial charge in [-0.25, -0.2) is 0 Å². The van der Waals surface area contributed by atoms with Gasteiger partial charge in [0.2, 0.25) is 0 Å². The van der Waals surface area contributed by atoms with Crippen LogP contribution in [0.5, 0.6) is 0 Å². The molecule has 1 heterocycles. The Labute approximate surface area is 112 Å². The normalized spacial score (nSPS) is 22.8. The van der Waals surface area contributed by atoms with E-state index in [1.807, 2.05) is 13.0 Å². The van der Waals surface area contributed by atoms with Crippen LogP contribution in [0.3, 0.4) is 0 Å². The standard InChI is InChI=1S/C13H16ClN3O/c1-8-10(3-2-9(6-15)13(8)14)17-7-11-12(18)4-5-16-11/h2-3,11-12,16-18H,4-5,7H2,1H3. The summed E-state index contributed by atoms with van der Waals surface area (Å²) in [6.07, 6.45) is 0.492. The first-order valence-corrected chi connectivity index (χ1v) is 6.36. The fourth-order valence-corrected chi connectivity index (χ4v) is 2.35. The molecule has 0 saturated carbocycles. The van der Waals surface area contributed by atoms with Crippen LogP contribution in [0.15, 0.2) is 12.1 Å². The molecule has 2 unspecified atom stereocenters. The van der Waals surface area contributed by atoms with Crippen molar-refractivity contribution >= 4 is 17.3 Å². The third-order valence-corrected chi connectivity index (χ3v) is 3.82. The van der Waals surface area contributed by atoms with Crippen LogP contribution in [-0.4, -0.2) is 30.3 Å². The second kappa shape index (κ2) is 5.57. The van der Waals surface area contributed by atoms with Crippen molar-refractivity contribution < 1.29 is 5.11 Å². The lowest BCUT2D eigenvalue weighted by atomic mass is 10.1. The minimum absolute atomic E-state index is 0.0684. The van der Waals surface area contributed by atoms with Crippen LogP contribution in [0.25, 0.3) is 0 Å². The third kappa shape index (κ3) is 2.59. The lowest BCUT2D eigenvalue weighted by Gasteiger charge is -2.18. The highest BCUT2D eigenvalue weighted by atomic mass is 35.5. The van der Waals surface area contributed by atoms with E-state index in [1.54, 1.807) is 6.07 Å². The number of halogens is 1. The van der Waals surface area contributed by atoms with Crippen molar-refractivity contribution in [2.45, 2.75) is 25.5 Å². The van der Waals surface area contributed by atoms with Crippen molar-refractivity contribution in [2.24, 2.45) is 0 Å². The van der Waals surface area contributed by atoms with Gasteiger partial charge in [-0.3, -0.25) is 0 Å². The number of aliphatic hydroxyl groups excluding tert-OH is 1. The Morgan fingerprint density at radius 2 is 2.39 bits per heavy atom. The molecule has 5 heteroatoms. The topological polar surface area (TPSA) is 68.1 Å². The molecule has 1 aromatic carbocycles. The summed E-state index contributed by atoms with van der Waals surface area (Å²) in [5, 5.41) is 25.6. The maximum absolute atomic E-state index is 9.70. The average molecular weight is 266 g/mol. The van der Waals surface area contributed by atoms with Crippen LogP contribution in [0.1, 0.15) is 17.5 Å². The first kappa shape index (κ1) is 13.2. The third-order valence-electron chi connectivity index (χ3n) is 3.33. The largest absolute Gasteiger partial charge is 0.391 e. The van der Waals surface area contributed by atoms with Crippen molar-refractivity contribution in [1.82, 2.24) is 5.32 Å². The zero-order valence-electron chi connectivity index (χ0n) is 10.2. The Balaban J connectivity index is 2.06. The highest BCUT2D eigenvalue weighted by molar-refractivity contribution is 6.32. The summed E-state index contributed by atoms with van der Waals surface area (Å²) in [6, 6.07) is 5.68. The Morgan fingerprint density at radius 3 is 3.00 bits per heavy atom. The summed E-state index contributed by atoms with van der Waals surface area (Å²) in [5.41, 5.74) is 2.25. The summed E-state index contributed by atoms with van der Waals surface area (Å²) in [7, 11) is 0. The van der Waals surface area contributed by atoms with E-state index in [9.17, 15) is 5.11 Å². The summed E-state index contributed by atoms with van der Waals surface area (Å²) < 4.78 is 0. The Morgan fingerprint density at radius 1 is 1.61 bits per heavy atom. The summed E-state index contributed by atoms with van der Waals surface area (Å²) >= 11 is 6.10. The molecule has 0 radical (unpaired) electrons. The molecule has 4 nitrogen and oxygen atoms in total. The van der Waals surface area contributed by atoms with E-state index in [0.717, 1.165) is 24.2 Å². The maximum atomic E-state index is 9.70. The summed E-state index contributed by atoms with van der Waals surface area (Å²) in [6.45, 7) is 3.37. The number of rotatable bonds is 3. The molecule has 1 saturated heterocycles. The molecular formula is C13H16ClN3O. The number of hydrogen-bond acceptors (Lipinski definition) is 4. The second-order valence-corrected chi connectivity index (χ2v) is 4.89. The summed E-state index contributed by atoms with van der Waals surface area (Å²) in [4.78, 5) is 0. The Kier molecular flexibility index (Phi) is 4.07. The first-order valence-electron chi connectivity index (χ1n) is 5.98. The smallest absolute Gasteiger partial charge is 0.101 e. The molecule has 18 heavy (non-hydrogen) atoms. The summed E-state index contributed by atoms with van der Waals surface area (Å²) in [5.74, 6) is 0. The van der Waals surface area contributed by atoms with Gasteiger partial charge in [0, 0.05) is 12.2 Å². The lowest BCUT2D eigenvalue weighted by molar-refractivity contribution is 0.163. The van der Waals surface area contributed by atoms with Crippen molar-refractivity contribution in [3.8, 4) is 6.07 Å². The molecule has 2 atom stereocenters. The number of nitrogens with one attached hydrogen (secondary N) is 2. The van der Waals surface area contributed by atoms with Crippen molar-refractivity contribution in [3.05, 3.63) is 28.3 Å². The van der Waals surface area contributed by atoms with Crippen LogP contribution < -0.4 is 10.6 Å². The quantitative estimate of drug-likeness (QED) is 0.778. The van der Waals surface area contributed by atoms with Gasteiger partial charge >= 0.3 is 0 Å².